The smallest absolute Gasteiger partial charge is 0.360 e. The van der Waals surface area contributed by atoms with Gasteiger partial charge in [-0.2, -0.15) is 8.42 Å². The van der Waals surface area contributed by atoms with Gasteiger partial charge in [-0.25, -0.2) is 4.79 Å². The molecular weight excluding hydrogens is 256 g/mol. The highest BCUT2D eigenvalue weighted by Gasteiger charge is 2.28. The van der Waals surface area contributed by atoms with Crippen LogP contribution < -0.4 is 0 Å². The highest BCUT2D eigenvalue weighted by Crippen LogP contribution is 2.04. The first-order valence-corrected chi connectivity index (χ1v) is 5.22. The van der Waals surface area contributed by atoms with E-state index in [0.29, 0.717) is 0 Å². The molecule has 0 bridgehead atoms. The van der Waals surface area contributed by atoms with Crippen LogP contribution in [0.2, 0.25) is 0 Å². The third-order valence-electron chi connectivity index (χ3n) is 0.975. The molecule has 0 aliphatic carbocycles. The fourth-order valence-electron chi connectivity index (χ4n) is 0.539. The highest BCUT2D eigenvalue weighted by molar-refractivity contribution is 7.74. The fourth-order valence-corrected chi connectivity index (χ4v) is 1.13. The minimum atomic E-state index is -2.95. The highest BCUT2D eigenvalue weighted by atomic mass is 32.2. The van der Waals surface area contributed by atoms with E-state index in [0.717, 1.165) is 0 Å². The van der Waals surface area contributed by atoms with Crippen molar-refractivity contribution in [2.45, 2.75) is 12.5 Å². The summed E-state index contributed by atoms with van der Waals surface area (Å²) in [5.41, 5.74) is 0. The summed E-state index contributed by atoms with van der Waals surface area (Å²) in [6.07, 6.45) is -2.90. The van der Waals surface area contributed by atoms with Crippen molar-refractivity contribution in [3.05, 3.63) is 0 Å². The maximum absolute atomic E-state index is 10.8. The molecule has 3 atom stereocenters. The van der Waals surface area contributed by atoms with Crippen LogP contribution in [0.1, 0.15) is 6.42 Å². The molecule has 0 aliphatic heterocycles. The molecule has 88 valence electrons. The van der Waals surface area contributed by atoms with E-state index in [9.17, 15) is 18.0 Å². The Hall–Kier alpha value is -0.880. The molecule has 0 heterocycles. The molecule has 3 N–H and O–H groups in total. The van der Waals surface area contributed by atoms with Gasteiger partial charge in [-0.1, -0.05) is 0 Å². The van der Waals surface area contributed by atoms with Crippen LogP contribution in [0.15, 0.2) is 0 Å². The van der Waals surface area contributed by atoms with Gasteiger partial charge < -0.3 is 9.29 Å². The van der Waals surface area contributed by atoms with Gasteiger partial charge >= 0.3 is 34.7 Å². The van der Waals surface area contributed by atoms with Crippen molar-refractivity contribution < 1.29 is 40.6 Å². The average Bonchev–Trinajstić information content (AvgIpc) is 1.99. The van der Waals surface area contributed by atoms with Crippen molar-refractivity contribution >= 4 is 34.7 Å². The van der Waals surface area contributed by atoms with Crippen LogP contribution in [0, 0.1) is 0 Å². The van der Waals surface area contributed by atoms with E-state index >= 15 is 0 Å². The summed E-state index contributed by atoms with van der Waals surface area (Å²) in [5, 5.41) is 8.27. The second-order valence-corrected chi connectivity index (χ2v) is 3.25. The van der Waals surface area contributed by atoms with E-state index in [1.54, 1.807) is 0 Å². The Morgan fingerprint density at radius 2 is 1.73 bits per heavy atom. The largest absolute Gasteiger partial charge is 0.481 e. The summed E-state index contributed by atoms with van der Waals surface area (Å²) in [4.78, 5) is 21.0. The number of aliphatic carboxylic acids is 1. The van der Waals surface area contributed by atoms with Gasteiger partial charge in [-0.15, -0.1) is 0 Å². The second-order valence-electron chi connectivity index (χ2n) is 2.02. The Morgan fingerprint density at radius 1 is 1.20 bits per heavy atom. The minimum Gasteiger partial charge on any atom is -0.481 e. The third-order valence-corrected chi connectivity index (χ3v) is 1.68. The van der Waals surface area contributed by atoms with Gasteiger partial charge in [0.1, 0.15) is 0 Å². The standard InChI is InChI=1S/C4H6O9S2/c5-3(6)1-2(12-14(8)9)4(7)13-15(10)11/h2H,1H2,(H,5,6)(H,8,9)(H,10,11). The van der Waals surface area contributed by atoms with E-state index in [1.807, 2.05) is 0 Å². The number of rotatable bonds is 6. The van der Waals surface area contributed by atoms with Crippen molar-refractivity contribution in [2.24, 2.45) is 0 Å². The Labute approximate surface area is 88.4 Å². The Morgan fingerprint density at radius 3 is 2.07 bits per heavy atom. The Bertz CT molecular complexity index is 282. The second kappa shape index (κ2) is 6.58. The first kappa shape index (κ1) is 14.1. The van der Waals surface area contributed by atoms with Gasteiger partial charge in [-0.3, -0.25) is 18.1 Å². The van der Waals surface area contributed by atoms with Gasteiger partial charge in [0.05, 0.1) is 6.42 Å². The maximum atomic E-state index is 10.8. The number of hydrogen-bond donors (Lipinski definition) is 3. The van der Waals surface area contributed by atoms with Crippen LogP contribution >= 0.6 is 0 Å². The number of hydrogen-bond acceptors (Lipinski definition) is 6. The molecule has 0 radical (unpaired) electrons. The maximum Gasteiger partial charge on any atom is 0.360 e. The topological polar surface area (TPSA) is 147 Å². The zero-order valence-electron chi connectivity index (χ0n) is 6.89. The molecule has 3 unspecified atom stereocenters. The van der Waals surface area contributed by atoms with Gasteiger partial charge in [-0.05, 0) is 0 Å². The van der Waals surface area contributed by atoms with Crippen LogP contribution in [0.25, 0.3) is 0 Å². The van der Waals surface area contributed by atoms with Crippen molar-refractivity contribution in [1.82, 2.24) is 0 Å². The lowest BCUT2D eigenvalue weighted by molar-refractivity contribution is -0.149. The molecule has 0 aromatic heterocycles. The summed E-state index contributed by atoms with van der Waals surface area (Å²) in [5.74, 6) is -3.04. The minimum absolute atomic E-state index is 0.970. The molecule has 0 saturated carbocycles. The molecule has 0 spiro atoms. The van der Waals surface area contributed by atoms with Gasteiger partial charge in [0.25, 0.3) is 0 Å². The monoisotopic (exact) mass is 262 g/mol. The first-order valence-electron chi connectivity index (χ1n) is 3.15. The third kappa shape index (κ3) is 7.10. The average molecular weight is 262 g/mol. The number of carbonyl (C=O) groups is 2. The summed E-state index contributed by atoms with van der Waals surface area (Å²) in [7, 11) is 0. The summed E-state index contributed by atoms with van der Waals surface area (Å²) >= 11 is -5.84. The molecule has 0 saturated heterocycles. The predicted octanol–water partition coefficient (Wildman–Crippen LogP) is -1.34. The molecule has 0 fully saturated rings. The van der Waals surface area contributed by atoms with Crippen LogP contribution in [0.3, 0.4) is 0 Å². The molecular formula is C4H6O9S2. The van der Waals surface area contributed by atoms with Crippen molar-refractivity contribution in [3.63, 3.8) is 0 Å². The zero-order chi connectivity index (χ0) is 12.0. The zero-order valence-corrected chi connectivity index (χ0v) is 8.53. The molecule has 0 aliphatic rings. The number of carboxylic acids is 1. The van der Waals surface area contributed by atoms with Gasteiger partial charge in [0.2, 0.25) is 0 Å². The molecule has 9 nitrogen and oxygen atoms in total. The Kier molecular flexibility index (Phi) is 6.19. The molecule has 15 heavy (non-hydrogen) atoms. The summed E-state index contributed by atoms with van der Waals surface area (Å²) in [6, 6.07) is 0. The molecule has 0 rings (SSSR count). The fraction of sp³-hybridized carbons (Fsp3) is 0.500. The van der Waals surface area contributed by atoms with Crippen molar-refractivity contribution in [1.29, 1.82) is 0 Å². The lowest BCUT2D eigenvalue weighted by Crippen LogP contribution is -2.30. The van der Waals surface area contributed by atoms with E-state index in [4.69, 9.17) is 14.2 Å². The number of carbonyl (C=O) groups excluding carboxylic acids is 1. The number of carboxylic acid groups (broad SMARTS) is 1. The summed E-state index contributed by atoms with van der Waals surface area (Å²) < 4.78 is 44.1. The van der Waals surface area contributed by atoms with E-state index < -0.39 is 47.2 Å². The van der Waals surface area contributed by atoms with Crippen molar-refractivity contribution in [3.8, 4) is 0 Å². The molecule has 0 aromatic rings. The van der Waals surface area contributed by atoms with Crippen LogP contribution in [-0.4, -0.2) is 40.7 Å². The molecule has 0 aromatic carbocycles. The normalized spacial score (nSPS) is 16.4. The Balaban J connectivity index is 4.46. The predicted molar refractivity (Wildman–Crippen MR) is 44.8 cm³/mol. The van der Waals surface area contributed by atoms with Gasteiger partial charge in [0, 0.05) is 0 Å². The first-order chi connectivity index (χ1) is 6.82. The lowest BCUT2D eigenvalue weighted by Gasteiger charge is -2.09. The molecule has 11 heteroatoms. The summed E-state index contributed by atoms with van der Waals surface area (Å²) in [6.45, 7) is 0. The van der Waals surface area contributed by atoms with Crippen LogP contribution in [0.4, 0.5) is 0 Å². The van der Waals surface area contributed by atoms with Gasteiger partial charge in [0.15, 0.2) is 6.10 Å². The van der Waals surface area contributed by atoms with Crippen LogP contribution in [0.5, 0.6) is 0 Å². The SMILES string of the molecule is O=C(O)CC(OS(=O)O)C(=O)OS(=O)O. The van der Waals surface area contributed by atoms with Crippen molar-refractivity contribution in [2.75, 3.05) is 0 Å². The quantitative estimate of drug-likeness (QED) is 0.494. The van der Waals surface area contributed by atoms with Crippen LogP contribution in [-0.2, 0) is 40.7 Å². The van der Waals surface area contributed by atoms with E-state index in [1.165, 1.54) is 0 Å². The molecule has 0 amide bonds. The lowest BCUT2D eigenvalue weighted by atomic mass is 10.3. The van der Waals surface area contributed by atoms with E-state index in [-0.39, 0.29) is 0 Å². The van der Waals surface area contributed by atoms with E-state index in [2.05, 4.69) is 8.37 Å².